The molecule has 2 atom stereocenters. The van der Waals surface area contributed by atoms with Crippen LogP contribution in [0.15, 0.2) is 47.4 Å². The third-order valence-electron chi connectivity index (χ3n) is 3.76. The van der Waals surface area contributed by atoms with Gasteiger partial charge in [0.25, 0.3) is 0 Å². The van der Waals surface area contributed by atoms with Gasteiger partial charge < -0.3 is 14.8 Å². The fraction of sp³-hybridized carbons (Fsp3) is 0.353. The van der Waals surface area contributed by atoms with E-state index in [2.05, 4.69) is 0 Å². The zero-order chi connectivity index (χ0) is 15.6. The third kappa shape index (κ3) is 3.16. The van der Waals surface area contributed by atoms with Gasteiger partial charge in [-0.15, -0.1) is 0 Å². The first kappa shape index (κ1) is 15.3. The zero-order valence-electron chi connectivity index (χ0n) is 12.5. The highest BCUT2D eigenvalue weighted by molar-refractivity contribution is 5.38. The molecule has 1 aromatic heterocycles. The molecule has 21 heavy (non-hydrogen) atoms. The molecule has 4 heteroatoms. The molecule has 112 valence electrons. The van der Waals surface area contributed by atoms with Crippen LogP contribution < -0.4 is 5.43 Å². The highest BCUT2D eigenvalue weighted by Gasteiger charge is 2.23. The Kier molecular flexibility index (Phi) is 4.48. The molecule has 1 heterocycles. The molecule has 0 aliphatic rings. The van der Waals surface area contributed by atoms with E-state index in [1.165, 1.54) is 12.3 Å². The Morgan fingerprint density at radius 3 is 2.29 bits per heavy atom. The molecule has 0 spiro atoms. The number of rotatable bonds is 4. The van der Waals surface area contributed by atoms with E-state index >= 15 is 0 Å². The molecule has 0 unspecified atom stereocenters. The van der Waals surface area contributed by atoms with Crippen molar-refractivity contribution in [2.24, 2.45) is 5.92 Å². The number of benzene rings is 1. The summed E-state index contributed by atoms with van der Waals surface area (Å²) in [6.45, 7) is 5.76. The number of hydrogen-bond acceptors (Lipinski definition) is 3. The molecular formula is C17H21NO3. The maximum atomic E-state index is 11.8. The van der Waals surface area contributed by atoms with Gasteiger partial charge in [0.1, 0.15) is 0 Å². The number of aromatic hydroxyl groups is 1. The molecule has 1 aromatic carbocycles. The Bertz CT molecular complexity index is 661. The summed E-state index contributed by atoms with van der Waals surface area (Å²) in [7, 11) is 0. The van der Waals surface area contributed by atoms with Crippen molar-refractivity contribution in [3.05, 3.63) is 58.5 Å². The minimum atomic E-state index is -0.566. The molecule has 4 nitrogen and oxygen atoms in total. The van der Waals surface area contributed by atoms with E-state index in [0.29, 0.717) is 5.69 Å². The van der Waals surface area contributed by atoms with Gasteiger partial charge in [0, 0.05) is 23.4 Å². The van der Waals surface area contributed by atoms with Crippen molar-refractivity contribution in [2.45, 2.75) is 32.8 Å². The zero-order valence-corrected chi connectivity index (χ0v) is 12.5. The molecule has 0 saturated carbocycles. The SMILES string of the molecule is CC(C)[C@H](O)[C@H](C)c1cc(=O)c(O)cn1-c1ccccc1. The van der Waals surface area contributed by atoms with Crippen LogP contribution in [0.1, 0.15) is 32.4 Å². The van der Waals surface area contributed by atoms with Crippen molar-refractivity contribution in [3.8, 4) is 11.4 Å². The summed E-state index contributed by atoms with van der Waals surface area (Å²) in [5.74, 6) is -0.444. The molecule has 0 saturated heterocycles. The summed E-state index contributed by atoms with van der Waals surface area (Å²) in [4.78, 5) is 11.8. The van der Waals surface area contributed by atoms with Crippen molar-refractivity contribution in [1.29, 1.82) is 0 Å². The molecule has 0 amide bonds. The van der Waals surface area contributed by atoms with Gasteiger partial charge >= 0.3 is 0 Å². The van der Waals surface area contributed by atoms with Crippen LogP contribution >= 0.6 is 0 Å². The summed E-state index contributed by atoms with van der Waals surface area (Å²) in [5, 5.41) is 20.0. The van der Waals surface area contributed by atoms with Gasteiger partial charge in [-0.3, -0.25) is 4.79 Å². The van der Waals surface area contributed by atoms with Gasteiger partial charge in [-0.2, -0.15) is 0 Å². The maximum Gasteiger partial charge on any atom is 0.223 e. The van der Waals surface area contributed by atoms with Crippen molar-refractivity contribution in [2.75, 3.05) is 0 Å². The molecule has 2 N–H and O–H groups in total. The van der Waals surface area contributed by atoms with Crippen LogP contribution in [0.5, 0.6) is 5.75 Å². The number of para-hydroxylation sites is 1. The van der Waals surface area contributed by atoms with Crippen molar-refractivity contribution < 1.29 is 10.2 Å². The normalized spacial score (nSPS) is 14.1. The first-order valence-electron chi connectivity index (χ1n) is 7.11. The van der Waals surface area contributed by atoms with Gasteiger partial charge in [-0.05, 0) is 18.1 Å². The van der Waals surface area contributed by atoms with E-state index in [1.54, 1.807) is 4.57 Å². The molecular weight excluding hydrogens is 266 g/mol. The van der Waals surface area contributed by atoms with E-state index in [9.17, 15) is 15.0 Å². The van der Waals surface area contributed by atoms with Crippen LogP contribution in [-0.4, -0.2) is 20.9 Å². The Morgan fingerprint density at radius 1 is 1.10 bits per heavy atom. The molecule has 0 fully saturated rings. The summed E-state index contributed by atoms with van der Waals surface area (Å²) in [6, 6.07) is 10.9. The molecule has 0 bridgehead atoms. The van der Waals surface area contributed by atoms with Gasteiger partial charge in [0.15, 0.2) is 5.75 Å². The average molecular weight is 287 g/mol. The second-order valence-corrected chi connectivity index (χ2v) is 5.68. The van der Waals surface area contributed by atoms with Crippen molar-refractivity contribution >= 4 is 0 Å². The van der Waals surface area contributed by atoms with E-state index in [4.69, 9.17) is 0 Å². The van der Waals surface area contributed by atoms with Crippen molar-refractivity contribution in [1.82, 2.24) is 4.57 Å². The van der Waals surface area contributed by atoms with Crippen LogP contribution in [0, 0.1) is 5.92 Å². The summed E-state index contributed by atoms with van der Waals surface area (Å²) < 4.78 is 1.76. The lowest BCUT2D eigenvalue weighted by Gasteiger charge is -2.25. The Hall–Kier alpha value is -2.07. The van der Waals surface area contributed by atoms with E-state index < -0.39 is 11.5 Å². The number of pyridine rings is 1. The molecule has 0 aliphatic carbocycles. The lowest BCUT2D eigenvalue weighted by atomic mass is 9.91. The van der Waals surface area contributed by atoms with Crippen LogP contribution in [0.3, 0.4) is 0 Å². The Labute approximate surface area is 124 Å². The second kappa shape index (κ2) is 6.14. The van der Waals surface area contributed by atoms with Crippen LogP contribution in [0.25, 0.3) is 5.69 Å². The number of aliphatic hydroxyl groups is 1. The first-order chi connectivity index (χ1) is 9.91. The van der Waals surface area contributed by atoms with E-state index in [-0.39, 0.29) is 17.6 Å². The third-order valence-corrected chi connectivity index (χ3v) is 3.76. The largest absolute Gasteiger partial charge is 0.503 e. The van der Waals surface area contributed by atoms with Crippen LogP contribution in [0.4, 0.5) is 0 Å². The highest BCUT2D eigenvalue weighted by Crippen LogP contribution is 2.26. The predicted molar refractivity (Wildman–Crippen MR) is 83.0 cm³/mol. The molecule has 0 radical (unpaired) electrons. The quantitative estimate of drug-likeness (QED) is 0.908. The summed E-state index contributed by atoms with van der Waals surface area (Å²) >= 11 is 0. The molecule has 0 aliphatic heterocycles. The van der Waals surface area contributed by atoms with E-state index in [1.807, 2.05) is 51.1 Å². The standard InChI is InChI=1S/C17H21NO3/c1-11(2)17(21)12(3)14-9-15(19)16(20)10-18(14)13-7-5-4-6-8-13/h4-12,17,20-21H,1-3H3/t12-,17+/m1/s1. The minimum Gasteiger partial charge on any atom is -0.503 e. The van der Waals surface area contributed by atoms with Gasteiger partial charge in [0.05, 0.1) is 12.3 Å². The number of hydrogen-bond donors (Lipinski definition) is 2. The van der Waals surface area contributed by atoms with Gasteiger partial charge in [-0.1, -0.05) is 39.0 Å². The van der Waals surface area contributed by atoms with Crippen LogP contribution in [-0.2, 0) is 0 Å². The number of aliphatic hydroxyl groups excluding tert-OH is 1. The van der Waals surface area contributed by atoms with E-state index in [0.717, 1.165) is 5.69 Å². The summed E-state index contributed by atoms with van der Waals surface area (Å²) in [5.41, 5.74) is 1.09. The first-order valence-corrected chi connectivity index (χ1v) is 7.11. The predicted octanol–water partition coefficient (Wildman–Crippen LogP) is 2.66. The number of aromatic nitrogens is 1. The maximum absolute atomic E-state index is 11.8. The van der Waals surface area contributed by atoms with Crippen LogP contribution in [0.2, 0.25) is 0 Å². The van der Waals surface area contributed by atoms with Crippen molar-refractivity contribution in [3.63, 3.8) is 0 Å². The lowest BCUT2D eigenvalue weighted by molar-refractivity contribution is 0.0998. The second-order valence-electron chi connectivity index (χ2n) is 5.68. The fourth-order valence-electron chi connectivity index (χ4n) is 2.45. The molecule has 2 aromatic rings. The monoisotopic (exact) mass is 287 g/mol. The topological polar surface area (TPSA) is 62.5 Å². The van der Waals surface area contributed by atoms with Gasteiger partial charge in [-0.25, -0.2) is 0 Å². The Morgan fingerprint density at radius 2 is 1.71 bits per heavy atom. The lowest BCUT2D eigenvalue weighted by Crippen LogP contribution is -2.26. The smallest absolute Gasteiger partial charge is 0.223 e. The minimum absolute atomic E-state index is 0.0770. The summed E-state index contributed by atoms with van der Waals surface area (Å²) in [6.07, 6.45) is 0.847. The highest BCUT2D eigenvalue weighted by atomic mass is 16.3. The van der Waals surface area contributed by atoms with Gasteiger partial charge in [0.2, 0.25) is 5.43 Å². The number of nitrogens with zero attached hydrogens (tertiary/aromatic N) is 1. The fourth-order valence-corrected chi connectivity index (χ4v) is 2.45. The average Bonchev–Trinajstić information content (AvgIpc) is 2.48. The Balaban J connectivity index is 2.59. The molecule has 2 rings (SSSR count).